The van der Waals surface area contributed by atoms with E-state index in [1.807, 2.05) is 6.07 Å². The molecule has 8 heteroatoms. The lowest BCUT2D eigenvalue weighted by atomic mass is 10.2. The Morgan fingerprint density at radius 2 is 1.93 bits per heavy atom. The molecule has 0 aliphatic carbocycles. The number of carbonyl (C=O) groups excluding carboxylic acids is 1. The number of carbonyl (C=O) groups is 1. The Hall–Kier alpha value is -2.90. The van der Waals surface area contributed by atoms with Crippen molar-refractivity contribution in [3.63, 3.8) is 0 Å². The molecule has 1 aromatic heterocycles. The van der Waals surface area contributed by atoms with Crippen LogP contribution in [0.2, 0.25) is 5.02 Å². The Kier molecular flexibility index (Phi) is 6.85. The van der Waals surface area contributed by atoms with Crippen molar-refractivity contribution < 1.29 is 14.3 Å². The molecule has 1 atom stereocenters. The van der Waals surface area contributed by atoms with Gasteiger partial charge in [0.2, 0.25) is 0 Å². The maximum Gasteiger partial charge on any atom is 0.261 e. The highest BCUT2D eigenvalue weighted by Crippen LogP contribution is 2.16. The number of amides is 1. The molecule has 1 heterocycles. The van der Waals surface area contributed by atoms with E-state index >= 15 is 0 Å². The molecular weight excluding hydrogens is 394 g/mol. The van der Waals surface area contributed by atoms with Crippen LogP contribution in [0.5, 0.6) is 5.75 Å². The van der Waals surface area contributed by atoms with Gasteiger partial charge in [-0.15, -0.1) is 0 Å². The number of ether oxygens (including phenoxy) is 2. The molecule has 29 heavy (non-hydrogen) atoms. The van der Waals surface area contributed by atoms with Gasteiger partial charge in [-0.2, -0.15) is 0 Å². The fourth-order valence-corrected chi connectivity index (χ4v) is 3.07. The molecular formula is C21H22ClN3O4. The predicted molar refractivity (Wildman–Crippen MR) is 111 cm³/mol. The third kappa shape index (κ3) is 5.13. The minimum atomic E-state index is -0.495. The molecule has 0 saturated carbocycles. The zero-order chi connectivity index (χ0) is 20.8. The topological polar surface area (TPSA) is 82.4 Å². The van der Waals surface area contributed by atoms with Crippen LogP contribution in [-0.4, -0.2) is 35.8 Å². The van der Waals surface area contributed by atoms with E-state index in [0.717, 1.165) is 0 Å². The van der Waals surface area contributed by atoms with Crippen LogP contribution in [0.25, 0.3) is 10.9 Å². The lowest BCUT2D eigenvalue weighted by Crippen LogP contribution is -2.36. The highest BCUT2D eigenvalue weighted by atomic mass is 35.5. The van der Waals surface area contributed by atoms with E-state index in [-0.39, 0.29) is 18.1 Å². The standard InChI is InChI=1S/C21H22ClN3O4/c1-14(23-19(26)13-29-16-9-7-15(22)8-10-16)20-24-18-6-4-3-5-17(18)21(27)25(20)11-12-28-2/h3-10,14H,11-13H2,1-2H3,(H,23,26)/t14-/m1/s1. The molecule has 0 saturated heterocycles. The van der Waals surface area contributed by atoms with E-state index in [9.17, 15) is 9.59 Å². The fourth-order valence-electron chi connectivity index (χ4n) is 2.94. The molecule has 0 aliphatic rings. The average Bonchev–Trinajstić information content (AvgIpc) is 2.72. The predicted octanol–water partition coefficient (Wildman–Crippen LogP) is 2.95. The highest BCUT2D eigenvalue weighted by Gasteiger charge is 2.18. The first-order valence-electron chi connectivity index (χ1n) is 9.15. The molecule has 152 valence electrons. The summed E-state index contributed by atoms with van der Waals surface area (Å²) >= 11 is 5.84. The zero-order valence-electron chi connectivity index (χ0n) is 16.2. The molecule has 0 fully saturated rings. The van der Waals surface area contributed by atoms with Gasteiger partial charge >= 0.3 is 0 Å². The number of benzene rings is 2. The van der Waals surface area contributed by atoms with Crippen molar-refractivity contribution >= 4 is 28.4 Å². The minimum absolute atomic E-state index is 0.165. The van der Waals surface area contributed by atoms with Gasteiger partial charge in [0.25, 0.3) is 11.5 Å². The lowest BCUT2D eigenvalue weighted by Gasteiger charge is -2.19. The van der Waals surface area contributed by atoms with Crippen LogP contribution < -0.4 is 15.6 Å². The summed E-state index contributed by atoms with van der Waals surface area (Å²) in [7, 11) is 1.57. The molecule has 0 unspecified atom stereocenters. The molecule has 2 aromatic carbocycles. The number of hydrogen-bond donors (Lipinski definition) is 1. The number of halogens is 1. The molecule has 7 nitrogen and oxygen atoms in total. The summed E-state index contributed by atoms with van der Waals surface area (Å²) in [6.45, 7) is 2.30. The molecule has 0 bridgehead atoms. The maximum absolute atomic E-state index is 12.9. The van der Waals surface area contributed by atoms with Crippen LogP contribution in [0.3, 0.4) is 0 Å². The number of fused-ring (bicyclic) bond motifs is 1. The van der Waals surface area contributed by atoms with Crippen molar-refractivity contribution in [1.82, 2.24) is 14.9 Å². The first-order valence-corrected chi connectivity index (χ1v) is 9.53. The monoisotopic (exact) mass is 415 g/mol. The third-order valence-corrected chi connectivity index (χ3v) is 4.61. The molecule has 0 spiro atoms. The number of nitrogens with zero attached hydrogens (tertiary/aromatic N) is 2. The summed E-state index contributed by atoms with van der Waals surface area (Å²) in [5.74, 6) is 0.678. The summed E-state index contributed by atoms with van der Waals surface area (Å²) in [6, 6.07) is 13.4. The summed E-state index contributed by atoms with van der Waals surface area (Å²) < 4.78 is 12.1. The summed E-state index contributed by atoms with van der Waals surface area (Å²) in [5.41, 5.74) is 0.417. The Morgan fingerprint density at radius 3 is 2.66 bits per heavy atom. The van der Waals surface area contributed by atoms with Gasteiger partial charge in [-0.05, 0) is 43.3 Å². The van der Waals surface area contributed by atoms with Crippen LogP contribution in [0.4, 0.5) is 0 Å². The summed E-state index contributed by atoms with van der Waals surface area (Å²) in [6.07, 6.45) is 0. The van der Waals surface area contributed by atoms with Gasteiger partial charge in [0.15, 0.2) is 6.61 Å². The van der Waals surface area contributed by atoms with Gasteiger partial charge in [-0.25, -0.2) is 4.98 Å². The van der Waals surface area contributed by atoms with Gasteiger partial charge in [0.1, 0.15) is 11.6 Å². The third-order valence-electron chi connectivity index (χ3n) is 4.36. The Labute approximate surface area is 173 Å². The van der Waals surface area contributed by atoms with E-state index in [1.54, 1.807) is 56.5 Å². The Balaban J connectivity index is 1.78. The van der Waals surface area contributed by atoms with E-state index in [4.69, 9.17) is 21.1 Å². The normalized spacial score (nSPS) is 12.0. The summed E-state index contributed by atoms with van der Waals surface area (Å²) in [5, 5.41) is 3.95. The van der Waals surface area contributed by atoms with Gasteiger partial charge in [-0.3, -0.25) is 14.2 Å². The molecule has 1 amide bonds. The smallest absolute Gasteiger partial charge is 0.261 e. The van der Waals surface area contributed by atoms with Crippen molar-refractivity contribution in [1.29, 1.82) is 0 Å². The molecule has 0 aliphatic heterocycles. The number of nitrogens with one attached hydrogen (secondary N) is 1. The number of para-hydroxylation sites is 1. The van der Waals surface area contributed by atoms with Crippen LogP contribution >= 0.6 is 11.6 Å². The van der Waals surface area contributed by atoms with Crippen molar-refractivity contribution in [3.05, 3.63) is 69.7 Å². The van der Waals surface area contributed by atoms with Crippen molar-refractivity contribution in [2.24, 2.45) is 0 Å². The minimum Gasteiger partial charge on any atom is -0.484 e. The van der Waals surface area contributed by atoms with Crippen LogP contribution in [-0.2, 0) is 16.1 Å². The second-order valence-corrected chi connectivity index (χ2v) is 6.90. The van der Waals surface area contributed by atoms with Gasteiger partial charge in [0, 0.05) is 12.1 Å². The van der Waals surface area contributed by atoms with Gasteiger partial charge < -0.3 is 14.8 Å². The lowest BCUT2D eigenvalue weighted by molar-refractivity contribution is -0.123. The fraction of sp³-hybridized carbons (Fsp3) is 0.286. The number of hydrogen-bond acceptors (Lipinski definition) is 5. The Morgan fingerprint density at radius 1 is 1.21 bits per heavy atom. The van der Waals surface area contributed by atoms with E-state index in [1.165, 1.54) is 4.57 Å². The zero-order valence-corrected chi connectivity index (χ0v) is 17.0. The van der Waals surface area contributed by atoms with Crippen molar-refractivity contribution in [2.45, 2.75) is 19.5 Å². The average molecular weight is 416 g/mol. The highest BCUT2D eigenvalue weighted by molar-refractivity contribution is 6.30. The van der Waals surface area contributed by atoms with Gasteiger partial charge in [-0.1, -0.05) is 23.7 Å². The van der Waals surface area contributed by atoms with E-state index in [0.29, 0.717) is 40.7 Å². The maximum atomic E-state index is 12.9. The van der Waals surface area contributed by atoms with Crippen LogP contribution in [0.15, 0.2) is 53.3 Å². The summed E-state index contributed by atoms with van der Waals surface area (Å²) in [4.78, 5) is 29.8. The number of aromatic nitrogens is 2. The molecule has 1 N–H and O–H groups in total. The van der Waals surface area contributed by atoms with Gasteiger partial charge in [0.05, 0.1) is 30.1 Å². The molecule has 3 rings (SSSR count). The van der Waals surface area contributed by atoms with Crippen LogP contribution in [0.1, 0.15) is 18.8 Å². The van der Waals surface area contributed by atoms with E-state index < -0.39 is 6.04 Å². The van der Waals surface area contributed by atoms with Crippen molar-refractivity contribution in [2.75, 3.05) is 20.3 Å². The number of methoxy groups -OCH3 is 1. The molecule has 0 radical (unpaired) electrons. The largest absolute Gasteiger partial charge is 0.484 e. The van der Waals surface area contributed by atoms with Crippen LogP contribution in [0, 0.1) is 0 Å². The Bertz CT molecular complexity index is 1050. The quantitative estimate of drug-likeness (QED) is 0.611. The SMILES string of the molecule is COCCn1c([C@@H](C)NC(=O)COc2ccc(Cl)cc2)nc2ccccc2c1=O. The number of rotatable bonds is 8. The second kappa shape index (κ2) is 9.54. The first kappa shape index (κ1) is 20.8. The second-order valence-electron chi connectivity index (χ2n) is 6.47. The van der Waals surface area contributed by atoms with Crippen molar-refractivity contribution in [3.8, 4) is 5.75 Å². The first-order chi connectivity index (χ1) is 14.0. The van der Waals surface area contributed by atoms with E-state index in [2.05, 4.69) is 10.3 Å². The molecule has 3 aromatic rings.